The molecule has 1 aromatic rings. The number of hydrogen-bond acceptors (Lipinski definition) is 3. The summed E-state index contributed by atoms with van der Waals surface area (Å²) in [7, 11) is 0. The monoisotopic (exact) mass is 311 g/mol. The highest BCUT2D eigenvalue weighted by Crippen LogP contribution is 2.37. The van der Waals surface area contributed by atoms with Crippen LogP contribution in [0.15, 0.2) is 18.2 Å². The summed E-state index contributed by atoms with van der Waals surface area (Å²) in [6, 6.07) is 2.85. The fraction of sp³-hybridized carbons (Fsp3) is 0.417. The molecule has 112 valence electrons. The molecule has 1 amide bonds. The van der Waals surface area contributed by atoms with Crippen LogP contribution in [-0.4, -0.2) is 28.8 Å². The van der Waals surface area contributed by atoms with Crippen molar-refractivity contribution in [3.05, 3.63) is 34.3 Å². The first-order valence-electron chi connectivity index (χ1n) is 5.60. The second-order valence-electron chi connectivity index (χ2n) is 4.18. The lowest BCUT2D eigenvalue weighted by Gasteiger charge is -2.22. The lowest BCUT2D eigenvalue weighted by Crippen LogP contribution is -2.34. The van der Waals surface area contributed by atoms with Crippen LogP contribution in [0.3, 0.4) is 0 Å². The molecule has 2 unspecified atom stereocenters. The molecule has 0 aliphatic rings. The minimum absolute atomic E-state index is 0.135. The quantitative estimate of drug-likeness (QED) is 0.795. The smallest absolute Gasteiger partial charge is 0.388 e. The van der Waals surface area contributed by atoms with Gasteiger partial charge in [-0.05, 0) is 17.7 Å². The van der Waals surface area contributed by atoms with Crippen LogP contribution in [0.1, 0.15) is 24.2 Å². The minimum atomic E-state index is -4.71. The molecule has 0 bridgehead atoms. The van der Waals surface area contributed by atoms with Gasteiger partial charge in [0.2, 0.25) is 5.91 Å². The van der Waals surface area contributed by atoms with E-state index >= 15 is 0 Å². The van der Waals surface area contributed by atoms with Crippen molar-refractivity contribution in [2.24, 2.45) is 0 Å². The Bertz CT molecular complexity index is 493. The fourth-order valence-electron chi connectivity index (χ4n) is 1.60. The van der Waals surface area contributed by atoms with E-state index in [9.17, 15) is 28.2 Å². The lowest BCUT2D eigenvalue weighted by molar-refractivity contribution is -0.140. The fourth-order valence-corrected chi connectivity index (χ4v) is 1.77. The number of carbonyl (C=O) groups is 1. The molecule has 0 radical (unpaired) electrons. The average molecular weight is 312 g/mol. The third-order valence-electron chi connectivity index (χ3n) is 2.56. The lowest BCUT2D eigenvalue weighted by atomic mass is 9.98. The van der Waals surface area contributed by atoms with Crippen molar-refractivity contribution in [3.8, 4) is 0 Å². The Morgan fingerprint density at radius 1 is 1.40 bits per heavy atom. The molecule has 0 aromatic heterocycles. The molecule has 3 N–H and O–H groups in total. The maximum absolute atomic E-state index is 12.8. The van der Waals surface area contributed by atoms with Crippen molar-refractivity contribution in [2.45, 2.75) is 25.3 Å². The Morgan fingerprint density at radius 2 is 2.00 bits per heavy atom. The van der Waals surface area contributed by atoms with Gasteiger partial charge < -0.3 is 15.5 Å². The summed E-state index contributed by atoms with van der Waals surface area (Å²) in [6.45, 7) is 0.818. The van der Waals surface area contributed by atoms with Crippen LogP contribution in [0.4, 0.5) is 13.2 Å². The van der Waals surface area contributed by atoms with Crippen molar-refractivity contribution in [2.75, 3.05) is 6.54 Å². The van der Waals surface area contributed by atoms with Crippen molar-refractivity contribution in [1.29, 1.82) is 0 Å². The summed E-state index contributed by atoms with van der Waals surface area (Å²) in [5, 5.41) is 21.5. The van der Waals surface area contributed by atoms with Gasteiger partial charge in [0.15, 0.2) is 0 Å². The van der Waals surface area contributed by atoms with Gasteiger partial charge in [-0.15, -0.1) is 0 Å². The summed E-state index contributed by atoms with van der Waals surface area (Å²) < 4.78 is 38.5. The SMILES string of the molecule is CC(=O)NCC(O)C(O)c1ccc(Cl)cc1C(F)(F)F. The maximum Gasteiger partial charge on any atom is 0.416 e. The highest BCUT2D eigenvalue weighted by molar-refractivity contribution is 6.30. The van der Waals surface area contributed by atoms with E-state index in [-0.39, 0.29) is 11.6 Å². The molecule has 0 saturated carbocycles. The second-order valence-corrected chi connectivity index (χ2v) is 4.62. The summed E-state index contributed by atoms with van der Waals surface area (Å²) in [4.78, 5) is 10.7. The maximum atomic E-state index is 12.8. The summed E-state index contributed by atoms with van der Waals surface area (Å²) in [5.74, 6) is -0.469. The highest BCUT2D eigenvalue weighted by atomic mass is 35.5. The van der Waals surface area contributed by atoms with Gasteiger partial charge in [0.05, 0.1) is 5.56 Å². The first-order valence-corrected chi connectivity index (χ1v) is 5.98. The zero-order chi connectivity index (χ0) is 15.5. The van der Waals surface area contributed by atoms with Crippen molar-refractivity contribution in [3.63, 3.8) is 0 Å². The zero-order valence-corrected chi connectivity index (χ0v) is 11.2. The van der Waals surface area contributed by atoms with E-state index in [0.29, 0.717) is 6.07 Å². The Kier molecular flexibility index (Phi) is 5.38. The third kappa shape index (κ3) is 4.36. The Balaban J connectivity index is 3.03. The van der Waals surface area contributed by atoms with E-state index in [4.69, 9.17) is 11.6 Å². The second kappa shape index (κ2) is 6.43. The Hall–Kier alpha value is -1.31. The summed E-state index contributed by atoms with van der Waals surface area (Å²) in [6.07, 6.45) is -8.08. The van der Waals surface area contributed by atoms with Crippen molar-refractivity contribution in [1.82, 2.24) is 5.32 Å². The molecule has 20 heavy (non-hydrogen) atoms. The first-order chi connectivity index (χ1) is 9.12. The van der Waals surface area contributed by atoms with E-state index in [0.717, 1.165) is 6.07 Å². The van der Waals surface area contributed by atoms with Gasteiger partial charge in [-0.3, -0.25) is 4.79 Å². The molecule has 8 heteroatoms. The third-order valence-corrected chi connectivity index (χ3v) is 2.80. The molecule has 0 fully saturated rings. The number of hydrogen-bond donors (Lipinski definition) is 3. The van der Waals surface area contributed by atoms with Crippen LogP contribution >= 0.6 is 11.6 Å². The van der Waals surface area contributed by atoms with Crippen LogP contribution < -0.4 is 5.32 Å². The predicted octanol–water partition coefficient (Wildman–Crippen LogP) is 1.89. The summed E-state index contributed by atoms with van der Waals surface area (Å²) >= 11 is 5.51. The molecular formula is C12H13ClF3NO3. The van der Waals surface area contributed by atoms with E-state index in [2.05, 4.69) is 5.32 Å². The standard InChI is InChI=1S/C12H13ClF3NO3/c1-6(18)17-5-10(19)11(20)8-3-2-7(13)4-9(8)12(14,15)16/h2-4,10-11,19-20H,5H2,1H3,(H,17,18). The largest absolute Gasteiger partial charge is 0.416 e. The van der Waals surface area contributed by atoms with Crippen LogP contribution in [0, 0.1) is 0 Å². The van der Waals surface area contributed by atoms with Gasteiger partial charge in [-0.2, -0.15) is 13.2 Å². The van der Waals surface area contributed by atoms with E-state index in [1.54, 1.807) is 0 Å². The van der Waals surface area contributed by atoms with Gasteiger partial charge in [0, 0.05) is 18.5 Å². The molecule has 0 spiro atoms. The molecule has 0 aliphatic heterocycles. The number of halogens is 4. The van der Waals surface area contributed by atoms with Gasteiger partial charge in [0.25, 0.3) is 0 Å². The Labute approximate surface area is 118 Å². The van der Waals surface area contributed by atoms with E-state index in [1.807, 2.05) is 0 Å². The average Bonchev–Trinajstić information content (AvgIpc) is 2.33. The van der Waals surface area contributed by atoms with Crippen LogP contribution in [-0.2, 0) is 11.0 Å². The number of alkyl halides is 3. The number of carbonyl (C=O) groups excluding carboxylic acids is 1. The van der Waals surface area contributed by atoms with Gasteiger partial charge >= 0.3 is 6.18 Å². The number of amides is 1. The molecule has 0 aliphatic carbocycles. The zero-order valence-electron chi connectivity index (χ0n) is 10.4. The van der Waals surface area contributed by atoms with E-state index in [1.165, 1.54) is 13.0 Å². The topological polar surface area (TPSA) is 69.6 Å². The van der Waals surface area contributed by atoms with Gasteiger partial charge in [-0.25, -0.2) is 0 Å². The highest BCUT2D eigenvalue weighted by Gasteiger charge is 2.36. The number of aliphatic hydroxyl groups excluding tert-OH is 2. The van der Waals surface area contributed by atoms with Crippen LogP contribution in [0.2, 0.25) is 5.02 Å². The predicted molar refractivity (Wildman–Crippen MR) is 66.1 cm³/mol. The molecule has 0 saturated heterocycles. The van der Waals surface area contributed by atoms with Crippen LogP contribution in [0.25, 0.3) is 0 Å². The number of benzene rings is 1. The molecular weight excluding hydrogens is 299 g/mol. The molecule has 1 aromatic carbocycles. The molecule has 2 atom stereocenters. The molecule has 1 rings (SSSR count). The van der Waals surface area contributed by atoms with Gasteiger partial charge in [0.1, 0.15) is 12.2 Å². The van der Waals surface area contributed by atoms with Crippen LogP contribution in [0.5, 0.6) is 0 Å². The van der Waals surface area contributed by atoms with Gasteiger partial charge in [-0.1, -0.05) is 17.7 Å². The van der Waals surface area contributed by atoms with Crippen molar-refractivity contribution < 1.29 is 28.2 Å². The first kappa shape index (κ1) is 16.7. The molecule has 4 nitrogen and oxygen atoms in total. The number of rotatable bonds is 4. The Morgan fingerprint density at radius 3 is 2.50 bits per heavy atom. The minimum Gasteiger partial charge on any atom is -0.388 e. The normalized spacial score (nSPS) is 14.8. The number of aliphatic hydroxyl groups is 2. The number of nitrogens with one attached hydrogen (secondary N) is 1. The van der Waals surface area contributed by atoms with E-state index < -0.39 is 35.4 Å². The molecule has 0 heterocycles. The van der Waals surface area contributed by atoms with Crippen molar-refractivity contribution >= 4 is 17.5 Å². The summed E-state index contributed by atoms with van der Waals surface area (Å²) in [5.41, 5.74) is -1.63.